The van der Waals surface area contributed by atoms with Crippen LogP contribution < -0.4 is 9.47 Å². The van der Waals surface area contributed by atoms with Gasteiger partial charge >= 0.3 is 0 Å². The number of methoxy groups -OCH3 is 1. The Morgan fingerprint density at radius 2 is 2.05 bits per heavy atom. The van der Waals surface area contributed by atoms with Crippen molar-refractivity contribution in [1.29, 1.82) is 0 Å². The molecule has 0 aliphatic rings. The van der Waals surface area contributed by atoms with E-state index in [1.54, 1.807) is 24.3 Å². The van der Waals surface area contributed by atoms with E-state index in [1.165, 1.54) is 25.3 Å². The summed E-state index contributed by atoms with van der Waals surface area (Å²) in [6.45, 7) is 0.0413. The highest BCUT2D eigenvalue weighted by molar-refractivity contribution is 6.30. The monoisotopic (exact) mass is 320 g/mol. The minimum absolute atomic E-state index is 0.0413. The van der Waals surface area contributed by atoms with Gasteiger partial charge in [-0.1, -0.05) is 35.6 Å². The van der Waals surface area contributed by atoms with Crippen LogP contribution in [0.4, 0.5) is 4.39 Å². The lowest BCUT2D eigenvalue weighted by Crippen LogP contribution is -1.99. The zero-order valence-electron chi connectivity index (χ0n) is 11.8. The van der Waals surface area contributed by atoms with Gasteiger partial charge in [0.2, 0.25) is 0 Å². The molecule has 0 saturated heterocycles. The molecule has 0 heterocycles. The lowest BCUT2D eigenvalue weighted by atomic mass is 10.1. The Bertz CT molecular complexity index is 707. The van der Waals surface area contributed by atoms with Crippen molar-refractivity contribution in [2.75, 3.05) is 13.7 Å². The number of hydrogen-bond acceptors (Lipinski definition) is 3. The number of aliphatic hydroxyl groups is 1. The first-order chi connectivity index (χ1) is 10.6. The van der Waals surface area contributed by atoms with Crippen LogP contribution in [-0.4, -0.2) is 18.8 Å². The third kappa shape index (κ3) is 4.39. The maximum absolute atomic E-state index is 13.0. The molecule has 114 valence electrons. The number of ether oxygens (including phenoxy) is 2. The summed E-state index contributed by atoms with van der Waals surface area (Å²) in [6, 6.07) is 10.8. The molecular weight excluding hydrogens is 307 g/mol. The van der Waals surface area contributed by atoms with Crippen molar-refractivity contribution in [3.8, 4) is 23.3 Å². The van der Waals surface area contributed by atoms with E-state index in [2.05, 4.69) is 11.8 Å². The molecule has 0 radical (unpaired) electrons. The average Bonchev–Trinajstić information content (AvgIpc) is 2.52. The summed E-state index contributed by atoms with van der Waals surface area (Å²) >= 11 is 5.85. The average molecular weight is 321 g/mol. The van der Waals surface area contributed by atoms with Gasteiger partial charge in [0.1, 0.15) is 18.5 Å². The highest BCUT2D eigenvalue weighted by atomic mass is 35.5. The van der Waals surface area contributed by atoms with E-state index in [0.29, 0.717) is 16.3 Å². The molecule has 0 saturated carbocycles. The first-order valence-electron chi connectivity index (χ1n) is 6.48. The van der Waals surface area contributed by atoms with Crippen LogP contribution in [-0.2, 0) is 0 Å². The maximum atomic E-state index is 13.0. The van der Waals surface area contributed by atoms with Crippen molar-refractivity contribution in [1.82, 2.24) is 0 Å². The molecule has 22 heavy (non-hydrogen) atoms. The van der Waals surface area contributed by atoms with E-state index in [9.17, 15) is 9.50 Å². The number of hydrogen-bond donors (Lipinski definition) is 1. The van der Waals surface area contributed by atoms with Crippen molar-refractivity contribution >= 4 is 11.6 Å². The zero-order valence-corrected chi connectivity index (χ0v) is 12.6. The summed E-state index contributed by atoms with van der Waals surface area (Å²) in [5, 5.41) is 10.5. The van der Waals surface area contributed by atoms with Gasteiger partial charge in [-0.3, -0.25) is 0 Å². The van der Waals surface area contributed by atoms with Crippen LogP contribution in [0.5, 0.6) is 11.5 Å². The van der Waals surface area contributed by atoms with E-state index in [0.717, 1.165) is 0 Å². The fraction of sp³-hybridized carbons (Fsp3) is 0.176. The van der Waals surface area contributed by atoms with Gasteiger partial charge in [0.15, 0.2) is 11.5 Å². The first-order valence-corrected chi connectivity index (χ1v) is 6.86. The summed E-state index contributed by atoms with van der Waals surface area (Å²) in [4.78, 5) is 0. The molecule has 1 N–H and O–H groups in total. The molecule has 5 heteroatoms. The minimum Gasteiger partial charge on any atom is -0.493 e. The molecule has 3 nitrogen and oxygen atoms in total. The molecule has 0 bridgehead atoms. The molecule has 0 spiro atoms. The normalized spacial score (nSPS) is 11.3. The molecule has 2 aromatic rings. The van der Waals surface area contributed by atoms with Crippen LogP contribution in [0.15, 0.2) is 42.5 Å². The quantitative estimate of drug-likeness (QED) is 0.875. The predicted octanol–water partition coefficient (Wildman–Crippen LogP) is 3.60. The lowest BCUT2D eigenvalue weighted by Gasteiger charge is -2.08. The van der Waals surface area contributed by atoms with Gasteiger partial charge in [-0.15, -0.1) is 0 Å². The Balaban J connectivity index is 1.97. The lowest BCUT2D eigenvalue weighted by molar-refractivity contribution is 0.238. The molecule has 0 amide bonds. The summed E-state index contributed by atoms with van der Waals surface area (Å²) in [6.07, 6.45) is -0.947. The van der Waals surface area contributed by atoms with Crippen LogP contribution in [0.1, 0.15) is 11.7 Å². The van der Waals surface area contributed by atoms with E-state index >= 15 is 0 Å². The van der Waals surface area contributed by atoms with E-state index in [-0.39, 0.29) is 12.4 Å². The number of benzene rings is 2. The largest absolute Gasteiger partial charge is 0.493 e. The molecule has 1 unspecified atom stereocenters. The molecule has 0 aliphatic carbocycles. The zero-order chi connectivity index (χ0) is 15.9. The SMILES string of the molecule is COc1cc(F)ccc1OCC#CC(O)c1cccc(Cl)c1. The summed E-state index contributed by atoms with van der Waals surface area (Å²) in [5.41, 5.74) is 0.611. The van der Waals surface area contributed by atoms with Crippen LogP contribution >= 0.6 is 11.6 Å². The van der Waals surface area contributed by atoms with Crippen LogP contribution in [0, 0.1) is 17.7 Å². The van der Waals surface area contributed by atoms with Crippen LogP contribution in [0.3, 0.4) is 0 Å². The molecule has 1 atom stereocenters. The Morgan fingerprint density at radius 3 is 2.77 bits per heavy atom. The molecule has 0 fully saturated rings. The fourth-order valence-corrected chi connectivity index (χ4v) is 1.97. The molecule has 0 aromatic heterocycles. The highest BCUT2D eigenvalue weighted by Crippen LogP contribution is 2.27. The smallest absolute Gasteiger partial charge is 0.163 e. The van der Waals surface area contributed by atoms with Gasteiger partial charge in [-0.05, 0) is 29.8 Å². The number of halogens is 2. The standard InChI is InChI=1S/C17H14ClFO3/c1-21-17-11-14(19)7-8-16(17)22-9-3-6-15(20)12-4-2-5-13(18)10-12/h2,4-5,7-8,10-11,15,20H,9H2,1H3. The first kappa shape index (κ1) is 16.2. The van der Waals surface area contributed by atoms with E-state index < -0.39 is 11.9 Å². The van der Waals surface area contributed by atoms with Gasteiger partial charge in [-0.2, -0.15) is 0 Å². The summed E-state index contributed by atoms with van der Waals surface area (Å²) in [7, 11) is 1.43. The Hall–Kier alpha value is -2.22. The number of aliphatic hydroxyl groups excluding tert-OH is 1. The maximum Gasteiger partial charge on any atom is 0.163 e. The molecule has 0 aliphatic heterocycles. The van der Waals surface area contributed by atoms with Crippen molar-refractivity contribution < 1.29 is 19.0 Å². The third-order valence-corrected chi connectivity index (χ3v) is 3.06. The third-order valence-electron chi connectivity index (χ3n) is 2.83. The highest BCUT2D eigenvalue weighted by Gasteiger charge is 2.05. The Labute approximate surface area is 133 Å². The topological polar surface area (TPSA) is 38.7 Å². The van der Waals surface area contributed by atoms with Crippen molar-refractivity contribution in [2.24, 2.45) is 0 Å². The van der Waals surface area contributed by atoms with Gasteiger partial charge in [0, 0.05) is 11.1 Å². The molecular formula is C17H14ClFO3. The van der Waals surface area contributed by atoms with Gasteiger partial charge < -0.3 is 14.6 Å². The Morgan fingerprint density at radius 1 is 1.23 bits per heavy atom. The van der Waals surface area contributed by atoms with Gasteiger partial charge in [0.25, 0.3) is 0 Å². The van der Waals surface area contributed by atoms with Crippen LogP contribution in [0.2, 0.25) is 5.02 Å². The minimum atomic E-state index is -0.947. The number of rotatable bonds is 4. The molecule has 2 aromatic carbocycles. The van der Waals surface area contributed by atoms with Crippen molar-refractivity contribution in [3.63, 3.8) is 0 Å². The summed E-state index contributed by atoms with van der Waals surface area (Å²) in [5.74, 6) is 5.62. The van der Waals surface area contributed by atoms with Crippen molar-refractivity contribution in [3.05, 3.63) is 58.9 Å². The second kappa shape index (κ2) is 7.69. The molecule has 2 rings (SSSR count). The Kier molecular flexibility index (Phi) is 5.65. The predicted molar refractivity (Wildman–Crippen MR) is 82.6 cm³/mol. The van der Waals surface area contributed by atoms with Crippen LogP contribution in [0.25, 0.3) is 0 Å². The van der Waals surface area contributed by atoms with Gasteiger partial charge in [-0.25, -0.2) is 4.39 Å². The second-order valence-corrected chi connectivity index (χ2v) is 4.80. The second-order valence-electron chi connectivity index (χ2n) is 4.36. The van der Waals surface area contributed by atoms with Crippen molar-refractivity contribution in [2.45, 2.75) is 6.10 Å². The van der Waals surface area contributed by atoms with E-state index in [1.807, 2.05) is 0 Å². The van der Waals surface area contributed by atoms with E-state index in [4.69, 9.17) is 21.1 Å². The summed E-state index contributed by atoms with van der Waals surface area (Å²) < 4.78 is 23.4. The fourth-order valence-electron chi connectivity index (χ4n) is 1.77. The van der Waals surface area contributed by atoms with Gasteiger partial charge in [0.05, 0.1) is 7.11 Å².